The van der Waals surface area contributed by atoms with Crippen molar-refractivity contribution in [2.75, 3.05) is 19.1 Å². The van der Waals surface area contributed by atoms with Gasteiger partial charge in [0.15, 0.2) is 5.13 Å². The average Bonchev–Trinajstić information content (AvgIpc) is 2.93. The number of carbonyl (C=O) groups is 1. The summed E-state index contributed by atoms with van der Waals surface area (Å²) in [7, 11) is 1.38. The molecule has 0 unspecified atom stereocenters. The molecule has 0 saturated carbocycles. The van der Waals surface area contributed by atoms with E-state index >= 15 is 0 Å². The first-order valence-electron chi connectivity index (χ1n) is 4.63. The summed E-state index contributed by atoms with van der Waals surface area (Å²) in [6.45, 7) is 0. The smallest absolute Gasteiger partial charge is 0.348 e. The second kappa shape index (κ2) is 6.55. The highest BCUT2D eigenvalue weighted by molar-refractivity contribution is 8.93. The molecule has 0 spiro atoms. The molecule has 18 heavy (non-hydrogen) atoms. The minimum absolute atomic E-state index is 0. The number of rotatable bonds is 3. The molecule has 2 aromatic heterocycles. The maximum Gasteiger partial charge on any atom is 0.348 e. The molecule has 0 amide bonds. The monoisotopic (exact) mass is 366 g/mol. The lowest BCUT2D eigenvalue weighted by Gasteiger charge is -1.94. The molecule has 2 rings (SSSR count). The maximum atomic E-state index is 11.5. The lowest BCUT2D eigenvalue weighted by atomic mass is 10.2. The van der Waals surface area contributed by atoms with Gasteiger partial charge in [0.05, 0.1) is 17.0 Å². The molecule has 2 heterocycles. The topological polar surface area (TPSA) is 65.2 Å². The molecule has 0 fully saturated rings. The van der Waals surface area contributed by atoms with Crippen LogP contribution in [-0.2, 0) is 4.74 Å². The summed E-state index contributed by atoms with van der Waals surface area (Å²) in [5.41, 5.74) is 7.36. The molecule has 0 radical (unpaired) electrons. The number of carbonyl (C=O) groups excluding carboxylic acids is 1. The van der Waals surface area contributed by atoms with E-state index in [1.54, 1.807) is 17.8 Å². The van der Waals surface area contributed by atoms with Gasteiger partial charge in [-0.15, -0.1) is 51.4 Å². The van der Waals surface area contributed by atoms with Crippen LogP contribution in [0.2, 0.25) is 0 Å². The second-order valence-corrected chi connectivity index (χ2v) is 6.10. The third-order valence-electron chi connectivity index (χ3n) is 2.07. The lowest BCUT2D eigenvalue weighted by molar-refractivity contribution is 0.0606. The number of aromatic nitrogens is 1. The number of anilines is 1. The van der Waals surface area contributed by atoms with E-state index in [9.17, 15) is 4.79 Å². The Balaban J connectivity index is 0.00000162. The summed E-state index contributed by atoms with van der Waals surface area (Å²) in [6, 6.07) is 1.80. The van der Waals surface area contributed by atoms with Crippen LogP contribution in [-0.4, -0.2) is 24.3 Å². The third kappa shape index (κ3) is 3.05. The number of hydrogen-bond acceptors (Lipinski definition) is 7. The highest BCUT2D eigenvalue weighted by atomic mass is 79.9. The van der Waals surface area contributed by atoms with Crippen molar-refractivity contribution < 1.29 is 9.53 Å². The molecule has 0 saturated heterocycles. The van der Waals surface area contributed by atoms with Crippen LogP contribution in [0, 0.1) is 0 Å². The fourth-order valence-corrected chi connectivity index (χ4v) is 3.68. The van der Waals surface area contributed by atoms with Crippen LogP contribution in [0.25, 0.3) is 11.3 Å². The van der Waals surface area contributed by atoms with E-state index in [1.165, 1.54) is 29.8 Å². The molecular formula is C10H11BrN2O2S3. The van der Waals surface area contributed by atoms with Crippen LogP contribution >= 0.6 is 51.4 Å². The van der Waals surface area contributed by atoms with E-state index in [0.29, 0.717) is 10.0 Å². The standard InChI is InChI=1S/C10H10N2O2S3.BrH/c1-14-8(13)7-3-5(9(15-2)17-7)6-4-16-10(11)12-6;/h3-4H,1-2H3,(H2,11,12);1H. The number of nitrogen functional groups attached to an aromatic ring is 1. The molecule has 2 aromatic rings. The SMILES string of the molecule is Br.COC(=O)c1cc(-c2csc(N)n2)c(SC)s1. The van der Waals surface area contributed by atoms with Crippen LogP contribution in [0.4, 0.5) is 5.13 Å². The minimum Gasteiger partial charge on any atom is -0.465 e. The number of thioether (sulfide) groups is 1. The van der Waals surface area contributed by atoms with Crippen molar-refractivity contribution in [3.63, 3.8) is 0 Å². The Bertz CT molecular complexity index is 553. The Hall–Kier alpha value is -0.570. The van der Waals surface area contributed by atoms with Gasteiger partial charge in [-0.05, 0) is 12.3 Å². The molecule has 0 atom stereocenters. The predicted molar refractivity (Wildman–Crippen MR) is 83.3 cm³/mol. The molecule has 0 aliphatic rings. The Labute approximate surface area is 127 Å². The van der Waals surface area contributed by atoms with Gasteiger partial charge in [0.1, 0.15) is 4.88 Å². The van der Waals surface area contributed by atoms with Crippen molar-refractivity contribution in [1.82, 2.24) is 4.98 Å². The first-order valence-corrected chi connectivity index (χ1v) is 7.55. The van der Waals surface area contributed by atoms with Crippen molar-refractivity contribution in [3.05, 3.63) is 16.3 Å². The van der Waals surface area contributed by atoms with Gasteiger partial charge < -0.3 is 10.5 Å². The number of ether oxygens (including phenoxy) is 1. The fraction of sp³-hybridized carbons (Fsp3) is 0.200. The third-order valence-corrected chi connectivity index (χ3v) is 4.99. The van der Waals surface area contributed by atoms with Gasteiger partial charge in [0.25, 0.3) is 0 Å². The van der Waals surface area contributed by atoms with Gasteiger partial charge >= 0.3 is 5.97 Å². The second-order valence-electron chi connectivity index (χ2n) is 3.08. The first-order chi connectivity index (χ1) is 8.15. The molecule has 0 aromatic carbocycles. The molecule has 8 heteroatoms. The number of thiazole rings is 1. The summed E-state index contributed by atoms with van der Waals surface area (Å²) in [5.74, 6) is -0.320. The van der Waals surface area contributed by atoms with E-state index in [4.69, 9.17) is 10.5 Å². The Morgan fingerprint density at radius 3 is 2.78 bits per heavy atom. The molecular weight excluding hydrogens is 356 g/mol. The maximum absolute atomic E-state index is 11.5. The van der Waals surface area contributed by atoms with E-state index in [-0.39, 0.29) is 23.0 Å². The predicted octanol–water partition coefficient (Wildman–Crippen LogP) is 3.54. The van der Waals surface area contributed by atoms with Gasteiger partial charge in [-0.2, -0.15) is 0 Å². The highest BCUT2D eigenvalue weighted by Crippen LogP contribution is 2.38. The lowest BCUT2D eigenvalue weighted by Crippen LogP contribution is -1.96. The van der Waals surface area contributed by atoms with Gasteiger partial charge in [-0.3, -0.25) is 0 Å². The quantitative estimate of drug-likeness (QED) is 0.664. The molecule has 4 nitrogen and oxygen atoms in total. The van der Waals surface area contributed by atoms with Crippen LogP contribution in [0.5, 0.6) is 0 Å². The Morgan fingerprint density at radius 1 is 1.56 bits per heavy atom. The van der Waals surface area contributed by atoms with Crippen LogP contribution in [0.3, 0.4) is 0 Å². The average molecular weight is 367 g/mol. The molecule has 0 aliphatic carbocycles. The molecule has 0 aliphatic heterocycles. The first kappa shape index (κ1) is 15.5. The zero-order chi connectivity index (χ0) is 12.4. The van der Waals surface area contributed by atoms with E-state index in [0.717, 1.165) is 15.5 Å². The van der Waals surface area contributed by atoms with E-state index in [1.807, 2.05) is 11.6 Å². The highest BCUT2D eigenvalue weighted by Gasteiger charge is 2.17. The fourth-order valence-electron chi connectivity index (χ4n) is 1.32. The van der Waals surface area contributed by atoms with E-state index in [2.05, 4.69) is 4.98 Å². The summed E-state index contributed by atoms with van der Waals surface area (Å²) in [4.78, 5) is 16.3. The molecule has 0 bridgehead atoms. The zero-order valence-corrected chi connectivity index (χ0v) is 13.8. The Kier molecular flexibility index (Phi) is 5.64. The number of halogens is 1. The molecule has 98 valence electrons. The van der Waals surface area contributed by atoms with E-state index < -0.39 is 0 Å². The van der Waals surface area contributed by atoms with Crippen molar-refractivity contribution in [1.29, 1.82) is 0 Å². The van der Waals surface area contributed by atoms with Crippen molar-refractivity contribution in [2.24, 2.45) is 0 Å². The summed E-state index contributed by atoms with van der Waals surface area (Å²) in [6.07, 6.45) is 1.96. The summed E-state index contributed by atoms with van der Waals surface area (Å²) in [5, 5.41) is 2.41. The van der Waals surface area contributed by atoms with Crippen molar-refractivity contribution in [3.8, 4) is 11.3 Å². The van der Waals surface area contributed by atoms with Gasteiger partial charge in [0.2, 0.25) is 0 Å². The summed E-state index contributed by atoms with van der Waals surface area (Å²) < 4.78 is 5.75. The van der Waals surface area contributed by atoms with Gasteiger partial charge in [-0.25, -0.2) is 9.78 Å². The van der Waals surface area contributed by atoms with Crippen LogP contribution in [0.1, 0.15) is 9.67 Å². The van der Waals surface area contributed by atoms with Gasteiger partial charge in [0, 0.05) is 10.9 Å². The van der Waals surface area contributed by atoms with Gasteiger partial charge in [-0.1, -0.05) is 0 Å². The minimum atomic E-state index is -0.320. The molecule has 2 N–H and O–H groups in total. The number of hydrogen-bond donors (Lipinski definition) is 1. The number of nitrogens with two attached hydrogens (primary N) is 1. The number of methoxy groups -OCH3 is 1. The normalized spacial score (nSPS) is 9.89. The number of thiophene rings is 1. The zero-order valence-electron chi connectivity index (χ0n) is 9.63. The largest absolute Gasteiger partial charge is 0.465 e. The summed E-state index contributed by atoms with van der Waals surface area (Å²) >= 11 is 4.38. The van der Waals surface area contributed by atoms with Crippen LogP contribution in [0.15, 0.2) is 15.7 Å². The van der Waals surface area contributed by atoms with Crippen LogP contribution < -0.4 is 5.73 Å². The van der Waals surface area contributed by atoms with Crippen molar-refractivity contribution >= 4 is 62.5 Å². The number of esters is 1. The van der Waals surface area contributed by atoms with Crippen molar-refractivity contribution in [2.45, 2.75) is 4.21 Å². The number of nitrogens with zero attached hydrogens (tertiary/aromatic N) is 1. The Morgan fingerprint density at radius 2 is 2.28 bits per heavy atom.